The minimum Gasteiger partial charge on any atom is -0.486 e. The summed E-state index contributed by atoms with van der Waals surface area (Å²) in [5.41, 5.74) is 1.98. The molecular formula is C25H26N4O5. The third-order valence-corrected chi connectivity index (χ3v) is 5.62. The summed E-state index contributed by atoms with van der Waals surface area (Å²) in [6.07, 6.45) is 1.67. The van der Waals surface area contributed by atoms with Crippen LogP contribution in [0.2, 0.25) is 0 Å². The maximum Gasteiger partial charge on any atom is 0.293 e. The molecule has 1 aliphatic rings. The van der Waals surface area contributed by atoms with E-state index >= 15 is 0 Å². The average molecular weight is 463 g/mol. The van der Waals surface area contributed by atoms with Crippen LogP contribution in [0.5, 0.6) is 11.5 Å². The maximum absolute atomic E-state index is 13.3. The van der Waals surface area contributed by atoms with Crippen molar-refractivity contribution in [1.29, 1.82) is 0 Å². The molecule has 176 valence electrons. The van der Waals surface area contributed by atoms with E-state index in [1.807, 2.05) is 50.2 Å². The summed E-state index contributed by atoms with van der Waals surface area (Å²) in [4.78, 5) is 30.5. The largest absolute Gasteiger partial charge is 0.486 e. The molecule has 1 amide bonds. The molecule has 1 aliphatic heterocycles. The Labute approximate surface area is 197 Å². The predicted octanol–water partition coefficient (Wildman–Crippen LogP) is 4.60. The third-order valence-electron chi connectivity index (χ3n) is 5.62. The molecule has 3 aromatic rings. The number of nitrogens with zero attached hydrogens (tertiary/aromatic N) is 3. The van der Waals surface area contributed by atoms with Gasteiger partial charge in [-0.25, -0.2) is 0 Å². The summed E-state index contributed by atoms with van der Waals surface area (Å²) in [7, 11) is 0. The molecule has 34 heavy (non-hydrogen) atoms. The summed E-state index contributed by atoms with van der Waals surface area (Å²) in [5.74, 6) is 0.985. The van der Waals surface area contributed by atoms with Crippen LogP contribution < -0.4 is 14.8 Å². The first-order valence-electron chi connectivity index (χ1n) is 11.1. The lowest BCUT2D eigenvalue weighted by molar-refractivity contribution is -0.384. The first-order valence-corrected chi connectivity index (χ1v) is 11.1. The zero-order valence-electron chi connectivity index (χ0n) is 19.1. The van der Waals surface area contributed by atoms with Crippen molar-refractivity contribution in [3.63, 3.8) is 0 Å². The number of nitro groups is 1. The molecule has 1 aromatic heterocycles. The smallest absolute Gasteiger partial charge is 0.293 e. The third kappa shape index (κ3) is 4.93. The molecule has 4 rings (SSSR count). The van der Waals surface area contributed by atoms with E-state index in [9.17, 15) is 14.9 Å². The Hall–Kier alpha value is -4.14. The first kappa shape index (κ1) is 23.0. The Morgan fingerprint density at radius 1 is 1.18 bits per heavy atom. The molecule has 0 bridgehead atoms. The van der Waals surface area contributed by atoms with Crippen molar-refractivity contribution in [2.24, 2.45) is 0 Å². The Morgan fingerprint density at radius 3 is 2.74 bits per heavy atom. The summed E-state index contributed by atoms with van der Waals surface area (Å²) in [5, 5.41) is 14.9. The van der Waals surface area contributed by atoms with Gasteiger partial charge in [0.15, 0.2) is 11.5 Å². The van der Waals surface area contributed by atoms with Gasteiger partial charge in [0.25, 0.3) is 11.6 Å². The Balaban J connectivity index is 1.56. The normalized spacial score (nSPS) is 13.1. The fourth-order valence-corrected chi connectivity index (χ4v) is 3.85. The van der Waals surface area contributed by atoms with Crippen molar-refractivity contribution >= 4 is 17.3 Å². The van der Waals surface area contributed by atoms with E-state index < -0.39 is 4.92 Å². The van der Waals surface area contributed by atoms with Gasteiger partial charge in [-0.1, -0.05) is 18.2 Å². The molecule has 0 fully saturated rings. The van der Waals surface area contributed by atoms with Crippen LogP contribution in [-0.2, 0) is 6.54 Å². The van der Waals surface area contributed by atoms with Gasteiger partial charge in [0.1, 0.15) is 18.9 Å². The molecule has 2 aromatic carbocycles. The van der Waals surface area contributed by atoms with Crippen LogP contribution in [0, 0.1) is 10.1 Å². The number of aromatic nitrogens is 1. The number of fused-ring (bicyclic) bond motifs is 1. The number of anilines is 1. The fourth-order valence-electron chi connectivity index (χ4n) is 3.85. The number of nitrogens with one attached hydrogen (secondary N) is 1. The zero-order chi connectivity index (χ0) is 24.1. The summed E-state index contributed by atoms with van der Waals surface area (Å²) >= 11 is 0. The van der Waals surface area contributed by atoms with Crippen LogP contribution in [-0.4, -0.2) is 40.5 Å². The number of para-hydroxylation sites is 1. The predicted molar refractivity (Wildman–Crippen MR) is 127 cm³/mol. The Kier molecular flexibility index (Phi) is 6.91. The number of pyridine rings is 1. The highest BCUT2D eigenvalue weighted by Gasteiger charge is 2.24. The molecule has 9 nitrogen and oxygen atoms in total. The Morgan fingerprint density at radius 2 is 2.00 bits per heavy atom. The van der Waals surface area contributed by atoms with Crippen molar-refractivity contribution in [3.8, 4) is 11.5 Å². The number of hydrogen-bond acceptors (Lipinski definition) is 7. The van der Waals surface area contributed by atoms with E-state index in [4.69, 9.17) is 9.47 Å². The topological polar surface area (TPSA) is 107 Å². The zero-order valence-corrected chi connectivity index (χ0v) is 19.1. The van der Waals surface area contributed by atoms with E-state index in [1.165, 1.54) is 6.07 Å². The second-order valence-corrected chi connectivity index (χ2v) is 7.87. The molecule has 1 unspecified atom stereocenters. The van der Waals surface area contributed by atoms with Gasteiger partial charge in [-0.3, -0.25) is 19.9 Å². The van der Waals surface area contributed by atoms with E-state index in [2.05, 4.69) is 10.3 Å². The van der Waals surface area contributed by atoms with Crippen molar-refractivity contribution in [3.05, 3.63) is 87.7 Å². The van der Waals surface area contributed by atoms with Crippen molar-refractivity contribution in [2.75, 3.05) is 25.1 Å². The standard InChI is InChI=1S/C25H26N4O5/c1-3-28(16-19-7-6-9-23-24(19)34-14-13-33-23)25(30)18-10-11-21(22(15-18)29(31)32)27-17(2)20-8-4-5-12-26-20/h4-12,15,17,27H,3,13-14,16H2,1-2H3. The van der Waals surface area contributed by atoms with Crippen LogP contribution in [0.1, 0.15) is 41.5 Å². The van der Waals surface area contributed by atoms with Gasteiger partial charge in [0.2, 0.25) is 0 Å². The Bertz CT molecular complexity index is 1190. The van der Waals surface area contributed by atoms with Gasteiger partial charge in [-0.2, -0.15) is 0 Å². The minimum atomic E-state index is -0.487. The number of nitro benzene ring substituents is 1. The van der Waals surface area contributed by atoms with Gasteiger partial charge in [0.05, 0.1) is 16.7 Å². The number of carbonyl (C=O) groups is 1. The molecular weight excluding hydrogens is 436 g/mol. The summed E-state index contributed by atoms with van der Waals surface area (Å²) in [6, 6.07) is 15.3. The highest BCUT2D eigenvalue weighted by atomic mass is 16.6. The lowest BCUT2D eigenvalue weighted by Crippen LogP contribution is -2.31. The summed E-state index contributed by atoms with van der Waals surface area (Å²) in [6.45, 7) is 5.39. The monoisotopic (exact) mass is 462 g/mol. The molecule has 1 N–H and O–H groups in total. The maximum atomic E-state index is 13.3. The molecule has 0 saturated heterocycles. The molecule has 1 atom stereocenters. The number of rotatable bonds is 8. The second-order valence-electron chi connectivity index (χ2n) is 7.87. The number of ether oxygens (including phenoxy) is 2. The molecule has 0 aliphatic carbocycles. The minimum absolute atomic E-state index is 0.168. The van der Waals surface area contributed by atoms with Crippen LogP contribution in [0.15, 0.2) is 60.8 Å². The lowest BCUT2D eigenvalue weighted by atomic mass is 10.1. The number of benzene rings is 2. The quantitative estimate of drug-likeness (QED) is 0.385. The lowest BCUT2D eigenvalue weighted by Gasteiger charge is -2.25. The second kappa shape index (κ2) is 10.2. The van der Waals surface area contributed by atoms with Gasteiger partial charge >= 0.3 is 0 Å². The molecule has 0 saturated carbocycles. The average Bonchev–Trinajstić information content (AvgIpc) is 2.87. The van der Waals surface area contributed by atoms with E-state index in [-0.39, 0.29) is 23.2 Å². The van der Waals surface area contributed by atoms with Crippen molar-refractivity contribution in [1.82, 2.24) is 9.88 Å². The van der Waals surface area contributed by atoms with Gasteiger partial charge in [0, 0.05) is 36.5 Å². The highest BCUT2D eigenvalue weighted by molar-refractivity contribution is 5.95. The van der Waals surface area contributed by atoms with Gasteiger partial charge in [-0.15, -0.1) is 0 Å². The number of amides is 1. The van der Waals surface area contributed by atoms with Crippen LogP contribution in [0.3, 0.4) is 0 Å². The molecule has 0 spiro atoms. The molecule has 2 heterocycles. The molecule has 9 heteroatoms. The fraction of sp³-hybridized carbons (Fsp3) is 0.280. The van der Waals surface area contributed by atoms with Gasteiger partial charge < -0.3 is 19.7 Å². The van der Waals surface area contributed by atoms with E-state index in [0.717, 1.165) is 11.3 Å². The van der Waals surface area contributed by atoms with Crippen molar-refractivity contribution in [2.45, 2.75) is 26.4 Å². The van der Waals surface area contributed by atoms with E-state index in [0.29, 0.717) is 43.5 Å². The van der Waals surface area contributed by atoms with Crippen LogP contribution in [0.25, 0.3) is 0 Å². The SMILES string of the molecule is CCN(Cc1cccc2c1OCCO2)C(=O)c1ccc(NC(C)c2ccccn2)c([N+](=O)[O-])c1. The van der Waals surface area contributed by atoms with E-state index in [1.54, 1.807) is 23.2 Å². The number of hydrogen-bond donors (Lipinski definition) is 1. The number of carbonyl (C=O) groups excluding carboxylic acids is 1. The van der Waals surface area contributed by atoms with Gasteiger partial charge in [-0.05, 0) is 44.2 Å². The summed E-state index contributed by atoms with van der Waals surface area (Å²) < 4.78 is 11.4. The molecule has 0 radical (unpaired) electrons. The van der Waals surface area contributed by atoms with Crippen LogP contribution >= 0.6 is 0 Å². The first-order chi connectivity index (χ1) is 16.5. The highest BCUT2D eigenvalue weighted by Crippen LogP contribution is 2.35. The van der Waals surface area contributed by atoms with Crippen molar-refractivity contribution < 1.29 is 19.2 Å². The van der Waals surface area contributed by atoms with Crippen LogP contribution in [0.4, 0.5) is 11.4 Å².